The van der Waals surface area contributed by atoms with E-state index in [2.05, 4.69) is 10.2 Å². The summed E-state index contributed by atoms with van der Waals surface area (Å²) in [4.78, 5) is 11.4. The van der Waals surface area contributed by atoms with Crippen LogP contribution in [0.25, 0.3) is 0 Å². The third kappa shape index (κ3) is 1.77. The fraction of sp³-hybridized carbons (Fsp3) is 0.222. The number of methoxy groups -OCH3 is 2. The number of nitrogen functional groups attached to an aromatic ring is 1. The molecule has 1 rings (SSSR count). The zero-order valence-corrected chi connectivity index (χ0v) is 8.03. The van der Waals surface area contributed by atoms with Crippen molar-refractivity contribution in [2.45, 2.75) is 0 Å². The molecule has 0 atom stereocenters. The van der Waals surface area contributed by atoms with E-state index in [1.165, 1.54) is 14.2 Å². The van der Waals surface area contributed by atoms with Gasteiger partial charge in [-0.05, 0) is 12.1 Å². The summed E-state index contributed by atoms with van der Waals surface area (Å²) >= 11 is 0. The molecule has 0 aromatic heterocycles. The molecule has 0 saturated carbocycles. The second kappa shape index (κ2) is 4.48. The largest absolute Gasteiger partial charge is 0.496 e. The molecule has 76 valence electrons. The first-order valence-electron chi connectivity index (χ1n) is 3.96. The summed E-state index contributed by atoms with van der Waals surface area (Å²) in [5.74, 6) is 5.19. The molecule has 5 nitrogen and oxygen atoms in total. The number of hydrogen-bond acceptors (Lipinski definition) is 5. The van der Waals surface area contributed by atoms with Crippen molar-refractivity contribution in [2.75, 3.05) is 19.6 Å². The highest BCUT2D eigenvalue weighted by atomic mass is 16.5. The number of rotatable bonds is 3. The molecule has 0 unspecified atom stereocenters. The molecule has 1 aromatic rings. The van der Waals surface area contributed by atoms with Crippen molar-refractivity contribution in [3.63, 3.8) is 0 Å². The molecule has 0 spiro atoms. The van der Waals surface area contributed by atoms with Crippen LogP contribution in [-0.2, 0) is 4.74 Å². The lowest BCUT2D eigenvalue weighted by molar-refractivity contribution is 0.0598. The van der Waals surface area contributed by atoms with E-state index in [9.17, 15) is 4.79 Å². The van der Waals surface area contributed by atoms with Crippen LogP contribution >= 0.6 is 0 Å². The van der Waals surface area contributed by atoms with Crippen molar-refractivity contribution in [1.29, 1.82) is 0 Å². The third-order valence-electron chi connectivity index (χ3n) is 1.79. The van der Waals surface area contributed by atoms with E-state index in [4.69, 9.17) is 10.6 Å². The van der Waals surface area contributed by atoms with Crippen LogP contribution in [0.15, 0.2) is 18.2 Å². The highest BCUT2D eigenvalue weighted by molar-refractivity contribution is 5.98. The van der Waals surface area contributed by atoms with Crippen LogP contribution in [0.5, 0.6) is 5.75 Å². The Balaban J connectivity index is 3.25. The monoisotopic (exact) mass is 196 g/mol. The van der Waals surface area contributed by atoms with E-state index in [-0.39, 0.29) is 0 Å². The number of nitrogens with two attached hydrogens (primary N) is 1. The number of carbonyl (C=O) groups is 1. The summed E-state index contributed by atoms with van der Waals surface area (Å²) in [6.07, 6.45) is 0. The maximum absolute atomic E-state index is 11.4. The number of esters is 1. The Morgan fingerprint density at radius 1 is 1.43 bits per heavy atom. The Labute approximate surface area is 81.8 Å². The molecule has 1 aromatic carbocycles. The van der Waals surface area contributed by atoms with Crippen molar-refractivity contribution in [3.05, 3.63) is 23.8 Å². The fourth-order valence-corrected chi connectivity index (χ4v) is 1.13. The number of carbonyl (C=O) groups excluding carboxylic acids is 1. The summed E-state index contributed by atoms with van der Waals surface area (Å²) in [5.41, 5.74) is 3.17. The summed E-state index contributed by atoms with van der Waals surface area (Å²) in [6, 6.07) is 5.04. The molecule has 3 N–H and O–H groups in total. The molecule has 0 aliphatic carbocycles. The Hall–Kier alpha value is -1.75. The second-order valence-corrected chi connectivity index (χ2v) is 2.52. The third-order valence-corrected chi connectivity index (χ3v) is 1.79. The summed E-state index contributed by atoms with van der Waals surface area (Å²) in [5, 5.41) is 0. The average Bonchev–Trinajstić information content (AvgIpc) is 2.26. The molecule has 0 fully saturated rings. The lowest BCUT2D eigenvalue weighted by Gasteiger charge is -2.10. The predicted molar refractivity (Wildman–Crippen MR) is 52.1 cm³/mol. The van der Waals surface area contributed by atoms with Crippen LogP contribution in [0, 0.1) is 0 Å². The van der Waals surface area contributed by atoms with Crippen LogP contribution < -0.4 is 16.0 Å². The maximum Gasteiger partial charge on any atom is 0.343 e. The first kappa shape index (κ1) is 10.3. The number of benzene rings is 1. The van der Waals surface area contributed by atoms with E-state index in [0.29, 0.717) is 17.0 Å². The maximum atomic E-state index is 11.4. The number of ether oxygens (including phenoxy) is 2. The molecule has 0 heterocycles. The van der Waals surface area contributed by atoms with Crippen LogP contribution in [0.1, 0.15) is 10.4 Å². The highest BCUT2D eigenvalue weighted by Crippen LogP contribution is 2.26. The minimum Gasteiger partial charge on any atom is -0.496 e. The van der Waals surface area contributed by atoms with Gasteiger partial charge in [-0.3, -0.25) is 5.84 Å². The molecule has 0 saturated heterocycles. The van der Waals surface area contributed by atoms with Crippen molar-refractivity contribution in [1.82, 2.24) is 0 Å². The van der Waals surface area contributed by atoms with E-state index in [1.54, 1.807) is 18.2 Å². The number of hydrogen-bond donors (Lipinski definition) is 2. The van der Waals surface area contributed by atoms with Gasteiger partial charge in [-0.1, -0.05) is 6.07 Å². The van der Waals surface area contributed by atoms with Crippen molar-refractivity contribution >= 4 is 11.7 Å². The number of anilines is 1. The standard InChI is InChI=1S/C9H12N2O3/c1-13-7-5-3-4-6(11-10)8(7)9(12)14-2/h3-5,11H,10H2,1-2H3. The summed E-state index contributed by atoms with van der Waals surface area (Å²) < 4.78 is 9.62. The lowest BCUT2D eigenvalue weighted by Crippen LogP contribution is -2.13. The minimum atomic E-state index is -0.490. The van der Waals surface area contributed by atoms with Crippen LogP contribution in [0.2, 0.25) is 0 Å². The molecule has 0 aliphatic heterocycles. The Morgan fingerprint density at radius 3 is 2.64 bits per heavy atom. The number of nitrogens with one attached hydrogen (secondary N) is 1. The lowest BCUT2D eigenvalue weighted by atomic mass is 10.1. The van der Waals surface area contributed by atoms with Crippen molar-refractivity contribution in [3.8, 4) is 5.75 Å². The van der Waals surface area contributed by atoms with Gasteiger partial charge >= 0.3 is 5.97 Å². The second-order valence-electron chi connectivity index (χ2n) is 2.52. The Morgan fingerprint density at radius 2 is 2.14 bits per heavy atom. The minimum absolute atomic E-state index is 0.292. The van der Waals surface area contributed by atoms with Gasteiger partial charge in [0.1, 0.15) is 11.3 Å². The normalized spacial score (nSPS) is 9.36. The first-order valence-corrected chi connectivity index (χ1v) is 3.96. The first-order chi connectivity index (χ1) is 6.74. The predicted octanol–water partition coefficient (Wildman–Crippen LogP) is 0.767. The Bertz CT molecular complexity index is 317. The molecular formula is C9H12N2O3. The highest BCUT2D eigenvalue weighted by Gasteiger charge is 2.16. The van der Waals surface area contributed by atoms with E-state index in [0.717, 1.165) is 0 Å². The van der Waals surface area contributed by atoms with E-state index >= 15 is 0 Å². The summed E-state index contributed by atoms with van der Waals surface area (Å²) in [7, 11) is 2.77. The molecule has 5 heteroatoms. The van der Waals surface area contributed by atoms with Crippen molar-refractivity contribution in [2.24, 2.45) is 5.84 Å². The average molecular weight is 196 g/mol. The van der Waals surface area contributed by atoms with E-state index < -0.39 is 5.97 Å². The SMILES string of the molecule is COC(=O)c1c(NN)cccc1OC. The van der Waals surface area contributed by atoms with Crippen LogP contribution in [-0.4, -0.2) is 20.2 Å². The van der Waals surface area contributed by atoms with Gasteiger partial charge in [0.05, 0.1) is 19.9 Å². The summed E-state index contributed by atoms with van der Waals surface area (Å²) in [6.45, 7) is 0. The van der Waals surface area contributed by atoms with Gasteiger partial charge in [-0.15, -0.1) is 0 Å². The van der Waals surface area contributed by atoms with E-state index in [1.807, 2.05) is 0 Å². The Kier molecular flexibility index (Phi) is 3.30. The molecule has 0 radical (unpaired) electrons. The molecular weight excluding hydrogens is 184 g/mol. The quantitative estimate of drug-likeness (QED) is 0.424. The fourth-order valence-electron chi connectivity index (χ4n) is 1.13. The van der Waals surface area contributed by atoms with Gasteiger partial charge in [0.15, 0.2) is 0 Å². The van der Waals surface area contributed by atoms with Gasteiger partial charge in [0, 0.05) is 0 Å². The van der Waals surface area contributed by atoms with Gasteiger partial charge in [-0.2, -0.15) is 0 Å². The molecule has 0 amide bonds. The van der Waals surface area contributed by atoms with Gasteiger partial charge < -0.3 is 14.9 Å². The van der Waals surface area contributed by atoms with Gasteiger partial charge in [0.2, 0.25) is 0 Å². The van der Waals surface area contributed by atoms with Crippen LogP contribution in [0.3, 0.4) is 0 Å². The van der Waals surface area contributed by atoms with Gasteiger partial charge in [0.25, 0.3) is 0 Å². The van der Waals surface area contributed by atoms with Gasteiger partial charge in [-0.25, -0.2) is 4.79 Å². The molecule has 0 aliphatic rings. The van der Waals surface area contributed by atoms with Crippen molar-refractivity contribution < 1.29 is 14.3 Å². The molecule has 0 bridgehead atoms. The smallest absolute Gasteiger partial charge is 0.343 e. The topological polar surface area (TPSA) is 73.6 Å². The van der Waals surface area contributed by atoms with Crippen LogP contribution in [0.4, 0.5) is 5.69 Å². The number of hydrazine groups is 1. The zero-order valence-electron chi connectivity index (χ0n) is 8.03. The molecule has 14 heavy (non-hydrogen) atoms. The zero-order chi connectivity index (χ0) is 10.6.